The second-order valence-electron chi connectivity index (χ2n) is 6.65. The minimum atomic E-state index is -3.30. The van der Waals surface area contributed by atoms with Gasteiger partial charge >= 0.3 is 14.0 Å². The maximum atomic E-state index is 11.3. The van der Waals surface area contributed by atoms with Crippen molar-refractivity contribution >= 4 is 13.8 Å². The average molecular weight is 391 g/mol. The number of phosphoric acid groups is 1. The predicted octanol–water partition coefficient (Wildman–Crippen LogP) is 4.26. The van der Waals surface area contributed by atoms with E-state index < -0.39 is 14.0 Å². The number of nitrogens with zero attached hydrogens (tertiary/aromatic N) is 2. The second-order valence-corrected chi connectivity index (χ2v) is 8.09. The van der Waals surface area contributed by atoms with Crippen LogP contribution in [0.25, 0.3) is 0 Å². The highest BCUT2D eigenvalue weighted by Gasteiger charge is 2.79. The number of hydrogen-bond donors (Lipinski definition) is 1. The van der Waals surface area contributed by atoms with Crippen molar-refractivity contribution in [1.82, 2.24) is 9.97 Å². The van der Waals surface area contributed by atoms with Gasteiger partial charge in [0.25, 0.3) is 0 Å². The first-order valence-electron chi connectivity index (χ1n) is 8.97. The Labute approximate surface area is 157 Å². The Balaban J connectivity index is 1.44. The lowest BCUT2D eigenvalue weighted by Crippen LogP contribution is -2.61. The van der Waals surface area contributed by atoms with Gasteiger partial charge in [-0.15, -0.1) is 0 Å². The Kier molecular flexibility index (Phi) is 4.68. The van der Waals surface area contributed by atoms with E-state index in [9.17, 15) is 4.57 Å². The molecular weight excluding hydrogens is 369 g/mol. The highest BCUT2D eigenvalue weighted by molar-refractivity contribution is 7.51. The van der Waals surface area contributed by atoms with E-state index >= 15 is 0 Å². The van der Waals surface area contributed by atoms with Gasteiger partial charge in [0.05, 0.1) is 11.4 Å². The van der Waals surface area contributed by atoms with Crippen molar-refractivity contribution < 1.29 is 22.9 Å². The van der Waals surface area contributed by atoms with Crippen molar-refractivity contribution in [3.8, 4) is 5.75 Å². The molecule has 5 rings (SSSR count). The zero-order chi connectivity index (χ0) is 19.1. The van der Waals surface area contributed by atoms with Crippen molar-refractivity contribution in [1.29, 1.82) is 0 Å². The van der Waals surface area contributed by atoms with Crippen LogP contribution in [0.15, 0.2) is 30.3 Å². The lowest BCUT2D eigenvalue weighted by molar-refractivity contribution is -0.514. The minimum Gasteiger partial charge on any atom is -0.412 e. The first-order chi connectivity index (χ1) is 12.9. The van der Waals surface area contributed by atoms with Crippen molar-refractivity contribution in [2.75, 3.05) is 11.9 Å². The molecule has 3 fully saturated rings. The van der Waals surface area contributed by atoms with Crippen molar-refractivity contribution in [3.05, 3.63) is 47.3 Å². The molecule has 0 amide bonds. The highest BCUT2D eigenvalue weighted by Crippen LogP contribution is 2.79. The lowest BCUT2D eigenvalue weighted by atomic mass is 9.94. The first kappa shape index (κ1) is 18.4. The van der Waals surface area contributed by atoms with Crippen molar-refractivity contribution in [2.45, 2.75) is 45.7 Å². The van der Waals surface area contributed by atoms with Gasteiger partial charge < -0.3 is 10.1 Å². The van der Waals surface area contributed by atoms with Gasteiger partial charge in [-0.1, -0.05) is 43.7 Å². The fourth-order valence-corrected chi connectivity index (χ4v) is 4.19. The molecule has 27 heavy (non-hydrogen) atoms. The Bertz CT molecular complexity index is 842. The van der Waals surface area contributed by atoms with Gasteiger partial charge in [0.2, 0.25) is 5.95 Å². The Morgan fingerprint density at radius 3 is 2.33 bits per heavy atom. The molecule has 144 valence electrons. The zero-order valence-corrected chi connectivity index (χ0v) is 16.4. The molecular formula is C18H22N3O5P. The summed E-state index contributed by atoms with van der Waals surface area (Å²) in [6.45, 7) is 6.50. The molecule has 2 aromatic rings. The normalized spacial score (nSPS) is 26.6. The maximum Gasteiger partial charge on any atom is 0.496 e. The molecule has 3 saturated heterocycles. The van der Waals surface area contributed by atoms with Gasteiger partial charge in [-0.05, 0) is 25.8 Å². The Morgan fingerprint density at radius 2 is 1.78 bits per heavy atom. The fraction of sp³-hybridized carbons (Fsp3) is 0.444. The van der Waals surface area contributed by atoms with Crippen molar-refractivity contribution in [2.24, 2.45) is 0 Å². The van der Waals surface area contributed by atoms with Gasteiger partial charge in [-0.25, -0.2) is 14.5 Å². The van der Waals surface area contributed by atoms with Gasteiger partial charge in [0, 0.05) is 12.5 Å². The topological polar surface area (TPSA) is 91.8 Å². The van der Waals surface area contributed by atoms with Crippen LogP contribution in [0.3, 0.4) is 0 Å². The summed E-state index contributed by atoms with van der Waals surface area (Å²) >= 11 is 0. The van der Waals surface area contributed by atoms with Crippen LogP contribution >= 0.6 is 7.82 Å². The molecule has 8 nitrogen and oxygen atoms in total. The van der Waals surface area contributed by atoms with Gasteiger partial charge in [0.1, 0.15) is 0 Å². The van der Waals surface area contributed by atoms with Gasteiger partial charge in [-0.3, -0.25) is 0 Å². The summed E-state index contributed by atoms with van der Waals surface area (Å²) in [4.78, 5) is 8.91. The van der Waals surface area contributed by atoms with Crippen LogP contribution in [0.4, 0.5) is 5.95 Å². The molecule has 1 N–H and O–H groups in total. The average Bonchev–Trinajstić information content (AvgIpc) is 2.59. The summed E-state index contributed by atoms with van der Waals surface area (Å²) in [6.07, 6.45) is 0.479. The molecule has 9 heteroatoms. The SMILES string of the molecule is CCCC(CNc1nc(C)c(OC23OP(=O)(O2)O3)c(C)n1)c1ccccc1. The number of hydrogen-bond acceptors (Lipinski definition) is 8. The lowest BCUT2D eigenvalue weighted by Gasteiger charge is -2.52. The van der Waals surface area contributed by atoms with E-state index in [0.29, 0.717) is 29.0 Å². The smallest absolute Gasteiger partial charge is 0.412 e. The molecule has 0 radical (unpaired) electrons. The monoisotopic (exact) mass is 391 g/mol. The number of rotatable bonds is 8. The number of anilines is 1. The van der Waals surface area contributed by atoms with E-state index in [-0.39, 0.29) is 0 Å². The van der Waals surface area contributed by atoms with Crippen molar-refractivity contribution in [3.63, 3.8) is 0 Å². The number of nitrogens with one attached hydrogen (secondary N) is 1. The van der Waals surface area contributed by atoms with Crippen LogP contribution in [0, 0.1) is 13.8 Å². The summed E-state index contributed by atoms with van der Waals surface area (Å²) in [7, 11) is -3.30. The number of phosphoric ester groups is 1. The molecule has 0 aliphatic carbocycles. The summed E-state index contributed by atoms with van der Waals surface area (Å²) in [5.41, 5.74) is 2.51. The fourth-order valence-electron chi connectivity index (χ4n) is 3.22. The van der Waals surface area contributed by atoms with E-state index in [1.54, 1.807) is 13.8 Å². The maximum absolute atomic E-state index is 11.3. The molecule has 1 aromatic heterocycles. The number of aryl methyl sites for hydroxylation is 2. The molecule has 3 aliphatic rings. The molecule has 2 bridgehead atoms. The second kappa shape index (κ2) is 6.87. The predicted molar refractivity (Wildman–Crippen MR) is 98.3 cm³/mol. The molecule has 4 heterocycles. The molecule has 1 aromatic carbocycles. The summed E-state index contributed by atoms with van der Waals surface area (Å²) < 4.78 is 31.6. The summed E-state index contributed by atoms with van der Waals surface area (Å²) in [6, 6.07) is 10.4. The minimum absolute atomic E-state index is 0.379. The third-order valence-electron chi connectivity index (χ3n) is 4.52. The molecule has 0 spiro atoms. The summed E-state index contributed by atoms with van der Waals surface area (Å²) in [5, 5.41) is 3.33. The largest absolute Gasteiger partial charge is 0.496 e. The Morgan fingerprint density at radius 1 is 1.15 bits per heavy atom. The van der Waals surface area contributed by atoms with Crippen LogP contribution in [-0.4, -0.2) is 22.7 Å². The van der Waals surface area contributed by atoms with Crippen LogP contribution in [-0.2, 0) is 18.1 Å². The number of aromatic nitrogens is 2. The quantitative estimate of drug-likeness (QED) is 0.667. The van der Waals surface area contributed by atoms with E-state index in [1.165, 1.54) is 5.56 Å². The highest BCUT2D eigenvalue weighted by atomic mass is 31.2. The third-order valence-corrected chi connectivity index (χ3v) is 5.86. The van der Waals surface area contributed by atoms with Crippen LogP contribution in [0.2, 0.25) is 0 Å². The van der Waals surface area contributed by atoms with Gasteiger partial charge in [-0.2, -0.15) is 13.6 Å². The molecule has 3 aliphatic heterocycles. The van der Waals surface area contributed by atoms with Crippen LogP contribution < -0.4 is 10.1 Å². The standard InChI is InChI=1S/C18H22N3O5P/c1-4-8-15(14-9-6-5-7-10-14)11-19-17-20-12(2)16(13(3)21-17)23-18-24-27(22,25-18)26-18/h5-7,9-10,15H,4,8,11H2,1-3H3,(H,19,20,21). The van der Waals surface area contributed by atoms with E-state index in [0.717, 1.165) is 19.4 Å². The Hall–Kier alpha value is -1.99. The van der Waals surface area contributed by atoms with Crippen LogP contribution in [0.1, 0.15) is 42.6 Å². The third kappa shape index (κ3) is 3.58. The first-order valence-corrected chi connectivity index (χ1v) is 10.4. The van der Waals surface area contributed by atoms with E-state index in [4.69, 9.17) is 18.3 Å². The molecule has 1 atom stereocenters. The molecule has 0 saturated carbocycles. The summed E-state index contributed by atoms with van der Waals surface area (Å²) in [5.74, 6) is 1.30. The van der Waals surface area contributed by atoms with E-state index in [1.807, 2.05) is 6.07 Å². The number of benzene rings is 1. The van der Waals surface area contributed by atoms with Gasteiger partial charge in [0.15, 0.2) is 5.75 Å². The zero-order valence-electron chi connectivity index (χ0n) is 15.5. The number of ether oxygens (including phenoxy) is 1. The molecule has 1 unspecified atom stereocenters. The van der Waals surface area contributed by atoms with E-state index in [2.05, 4.69) is 46.5 Å². The van der Waals surface area contributed by atoms with Crippen LogP contribution in [0.5, 0.6) is 5.75 Å².